The molecule has 2 aliphatic carbocycles. The molecule has 4 fully saturated rings. The quantitative estimate of drug-likeness (QED) is 0.407. The summed E-state index contributed by atoms with van der Waals surface area (Å²) in [7, 11) is 0. The molecule has 2 saturated carbocycles. The van der Waals surface area contributed by atoms with Crippen molar-refractivity contribution < 1.29 is 23.8 Å². The van der Waals surface area contributed by atoms with E-state index in [2.05, 4.69) is 27.4 Å². The number of hydrogen-bond acceptors (Lipinski definition) is 5. The second-order valence-electron chi connectivity index (χ2n) is 9.44. The first kappa shape index (κ1) is 18.2. The maximum atomic E-state index is 12.7. The second-order valence-corrected chi connectivity index (χ2v) is 9.44. The molecule has 144 valence electrons. The highest BCUT2D eigenvalue weighted by Gasteiger charge is 2.59. The Bertz CT molecular complexity index is 653. The highest BCUT2D eigenvalue weighted by atomic mass is 16.6. The van der Waals surface area contributed by atoms with Gasteiger partial charge in [-0.3, -0.25) is 9.59 Å². The van der Waals surface area contributed by atoms with E-state index in [-0.39, 0.29) is 59.0 Å². The lowest BCUT2D eigenvalue weighted by Crippen LogP contribution is -2.49. The number of carbonyl (C=O) groups is 2. The standard InChI is InChI=1S/C21H30O5/c1-11-14(23)8-13-9-18-21(5,26-18)7-6-15-16(25-15)10-17(24-12(2)22)19(11)20(13,3)4/h13,15-19H,1,6-10H2,2-5H3. The number of epoxide rings is 2. The van der Waals surface area contributed by atoms with Gasteiger partial charge in [-0.1, -0.05) is 20.4 Å². The predicted octanol–water partition coefficient (Wildman–Crippen LogP) is 3.20. The molecule has 0 amide bonds. The van der Waals surface area contributed by atoms with E-state index in [1.807, 2.05) is 0 Å². The molecule has 7 atom stereocenters. The highest BCUT2D eigenvalue weighted by molar-refractivity contribution is 5.96. The van der Waals surface area contributed by atoms with Gasteiger partial charge in [-0.2, -0.15) is 0 Å². The Morgan fingerprint density at radius 2 is 1.96 bits per heavy atom. The van der Waals surface area contributed by atoms with Crippen LogP contribution in [0, 0.1) is 17.3 Å². The van der Waals surface area contributed by atoms with E-state index >= 15 is 0 Å². The monoisotopic (exact) mass is 362 g/mol. The highest BCUT2D eigenvalue weighted by Crippen LogP contribution is 2.55. The van der Waals surface area contributed by atoms with E-state index in [1.165, 1.54) is 6.92 Å². The van der Waals surface area contributed by atoms with Gasteiger partial charge in [-0.05, 0) is 43.1 Å². The van der Waals surface area contributed by atoms with Gasteiger partial charge < -0.3 is 14.2 Å². The first-order valence-electron chi connectivity index (χ1n) is 9.84. The summed E-state index contributed by atoms with van der Waals surface area (Å²) in [5.41, 5.74) is 0.335. The van der Waals surface area contributed by atoms with Crippen molar-refractivity contribution in [1.29, 1.82) is 0 Å². The summed E-state index contributed by atoms with van der Waals surface area (Å²) in [4.78, 5) is 24.5. The van der Waals surface area contributed by atoms with Crippen molar-refractivity contribution in [2.24, 2.45) is 17.3 Å². The lowest BCUT2D eigenvalue weighted by Gasteiger charge is -2.48. The van der Waals surface area contributed by atoms with Gasteiger partial charge in [0, 0.05) is 25.7 Å². The maximum absolute atomic E-state index is 12.7. The third kappa shape index (κ3) is 3.03. The lowest BCUT2D eigenvalue weighted by atomic mass is 9.56. The average Bonchev–Trinajstić information content (AvgIpc) is 3.40. The summed E-state index contributed by atoms with van der Waals surface area (Å²) in [6, 6.07) is 0. The normalized spacial score (nSPS) is 46.9. The number of Topliss-reactive ketones (excluding diaryl/α,β-unsaturated/α-hetero) is 1. The molecule has 0 aromatic heterocycles. The molecule has 0 aromatic rings. The smallest absolute Gasteiger partial charge is 0.302 e. The van der Waals surface area contributed by atoms with Crippen LogP contribution in [0.5, 0.6) is 0 Å². The van der Waals surface area contributed by atoms with E-state index in [9.17, 15) is 9.59 Å². The van der Waals surface area contributed by atoms with Crippen LogP contribution in [0.25, 0.3) is 0 Å². The van der Waals surface area contributed by atoms with Crippen LogP contribution in [-0.4, -0.2) is 41.8 Å². The number of hydrogen-bond donors (Lipinski definition) is 0. The largest absolute Gasteiger partial charge is 0.462 e. The van der Waals surface area contributed by atoms with Gasteiger partial charge >= 0.3 is 5.97 Å². The minimum atomic E-state index is -0.359. The third-order valence-electron chi connectivity index (χ3n) is 7.32. The summed E-state index contributed by atoms with van der Waals surface area (Å²) in [6.45, 7) is 12.1. The lowest BCUT2D eigenvalue weighted by molar-refractivity contribution is -0.154. The molecule has 4 rings (SSSR count). The fourth-order valence-corrected chi connectivity index (χ4v) is 5.42. The van der Waals surface area contributed by atoms with Crippen LogP contribution in [0.3, 0.4) is 0 Å². The van der Waals surface area contributed by atoms with E-state index in [0.717, 1.165) is 19.3 Å². The molecule has 0 aromatic carbocycles. The van der Waals surface area contributed by atoms with Gasteiger partial charge in [-0.15, -0.1) is 0 Å². The van der Waals surface area contributed by atoms with Crippen molar-refractivity contribution >= 4 is 11.8 Å². The van der Waals surface area contributed by atoms with E-state index in [1.54, 1.807) is 0 Å². The fourth-order valence-electron chi connectivity index (χ4n) is 5.42. The van der Waals surface area contributed by atoms with Crippen molar-refractivity contribution in [3.05, 3.63) is 12.2 Å². The summed E-state index contributed by atoms with van der Waals surface area (Å²) >= 11 is 0. The Kier molecular flexibility index (Phi) is 4.12. The summed E-state index contributed by atoms with van der Waals surface area (Å²) in [6.07, 6.45) is 4.13. The first-order valence-corrected chi connectivity index (χ1v) is 9.84. The van der Waals surface area contributed by atoms with Crippen molar-refractivity contribution in [2.75, 3.05) is 0 Å². The van der Waals surface area contributed by atoms with Crippen LogP contribution in [0.4, 0.5) is 0 Å². The SMILES string of the molecule is C=C1C(=O)CC2CC3OC3(C)CCC3OC3CC(OC(C)=O)C1C2(C)C. The Balaban J connectivity index is 1.68. The summed E-state index contributed by atoms with van der Waals surface area (Å²) in [5, 5.41) is 0. The number of esters is 1. The van der Waals surface area contributed by atoms with Gasteiger partial charge in [0.2, 0.25) is 0 Å². The zero-order valence-electron chi connectivity index (χ0n) is 16.2. The van der Waals surface area contributed by atoms with Gasteiger partial charge in [-0.25, -0.2) is 0 Å². The predicted molar refractivity (Wildman–Crippen MR) is 95.5 cm³/mol. The van der Waals surface area contributed by atoms with Gasteiger partial charge in [0.15, 0.2) is 5.78 Å². The molecule has 0 radical (unpaired) electrons. The molecule has 5 nitrogen and oxygen atoms in total. The van der Waals surface area contributed by atoms with Gasteiger partial charge in [0.05, 0.1) is 23.9 Å². The third-order valence-corrected chi connectivity index (χ3v) is 7.32. The number of fused-ring (bicyclic) bond motifs is 4. The molecule has 0 N–H and O–H groups in total. The summed E-state index contributed by atoms with van der Waals surface area (Å²) in [5.74, 6) is -0.183. The first-order chi connectivity index (χ1) is 12.1. The summed E-state index contributed by atoms with van der Waals surface area (Å²) < 4.78 is 17.6. The van der Waals surface area contributed by atoms with Crippen molar-refractivity contribution in [2.45, 2.75) is 89.8 Å². The minimum Gasteiger partial charge on any atom is -0.462 e. The Labute approximate surface area is 155 Å². The van der Waals surface area contributed by atoms with E-state index in [4.69, 9.17) is 14.2 Å². The Hall–Kier alpha value is -1.20. The zero-order chi connectivity index (χ0) is 18.9. The van der Waals surface area contributed by atoms with Crippen molar-refractivity contribution in [1.82, 2.24) is 0 Å². The van der Waals surface area contributed by atoms with Crippen LogP contribution in [-0.2, 0) is 23.8 Å². The molecule has 0 spiro atoms. The molecule has 2 heterocycles. The van der Waals surface area contributed by atoms with Crippen LogP contribution < -0.4 is 0 Å². The second kappa shape index (κ2) is 5.90. The molecule has 2 saturated heterocycles. The molecular weight excluding hydrogens is 332 g/mol. The van der Waals surface area contributed by atoms with Crippen LogP contribution >= 0.6 is 0 Å². The Morgan fingerprint density at radius 1 is 1.23 bits per heavy atom. The van der Waals surface area contributed by atoms with E-state index in [0.29, 0.717) is 18.4 Å². The molecule has 2 bridgehead atoms. The van der Waals surface area contributed by atoms with Crippen molar-refractivity contribution in [3.8, 4) is 0 Å². The molecule has 7 unspecified atom stereocenters. The molecule has 2 aliphatic heterocycles. The number of carbonyl (C=O) groups excluding carboxylic acids is 2. The number of ether oxygens (including phenoxy) is 3. The number of ketones is 1. The molecule has 5 heteroatoms. The van der Waals surface area contributed by atoms with Crippen LogP contribution in [0.2, 0.25) is 0 Å². The molecular formula is C21H30O5. The topological polar surface area (TPSA) is 68.4 Å². The van der Waals surface area contributed by atoms with Gasteiger partial charge in [0.25, 0.3) is 0 Å². The average molecular weight is 362 g/mol. The molecule has 26 heavy (non-hydrogen) atoms. The van der Waals surface area contributed by atoms with Crippen molar-refractivity contribution in [3.63, 3.8) is 0 Å². The molecule has 4 aliphatic rings. The Morgan fingerprint density at radius 3 is 2.65 bits per heavy atom. The van der Waals surface area contributed by atoms with Crippen LogP contribution in [0.15, 0.2) is 12.2 Å². The van der Waals surface area contributed by atoms with E-state index < -0.39 is 0 Å². The van der Waals surface area contributed by atoms with Crippen LogP contribution in [0.1, 0.15) is 59.8 Å². The number of rotatable bonds is 1. The fraction of sp³-hybridized carbons (Fsp3) is 0.810. The zero-order valence-corrected chi connectivity index (χ0v) is 16.2. The maximum Gasteiger partial charge on any atom is 0.302 e. The van der Waals surface area contributed by atoms with Gasteiger partial charge in [0.1, 0.15) is 6.10 Å². The minimum absolute atomic E-state index is 0.0753.